The quantitative estimate of drug-likeness (QED) is 0.472. The van der Waals surface area contributed by atoms with Crippen LogP contribution in [0.4, 0.5) is 16.4 Å². The maximum atomic E-state index is 6.27. The number of azo groups is 1. The summed E-state index contributed by atoms with van der Waals surface area (Å²) in [6.07, 6.45) is 0. The Morgan fingerprint density at radius 2 is 1.81 bits per heavy atom. The topological polar surface area (TPSA) is 68.1 Å². The van der Waals surface area contributed by atoms with Crippen molar-refractivity contribution in [3.05, 3.63) is 34.3 Å². The number of benzene rings is 2. The Labute approximate surface area is 164 Å². The number of nitrogens with one attached hydrogen (secondary N) is 1. The van der Waals surface area contributed by atoms with Crippen molar-refractivity contribution in [3.8, 4) is 11.5 Å². The van der Waals surface area contributed by atoms with Crippen molar-refractivity contribution >= 4 is 62.0 Å². The van der Waals surface area contributed by atoms with Crippen LogP contribution in [-0.4, -0.2) is 25.1 Å². The summed E-state index contributed by atoms with van der Waals surface area (Å²) in [6, 6.07) is 7.01. The van der Waals surface area contributed by atoms with Gasteiger partial charge >= 0.3 is 0 Å². The number of fused-ring (bicyclic) bond motifs is 1. The lowest BCUT2D eigenvalue weighted by atomic mass is 10.2. The van der Waals surface area contributed by atoms with E-state index in [1.54, 1.807) is 32.4 Å². The molecule has 0 aliphatic carbocycles. The van der Waals surface area contributed by atoms with Crippen LogP contribution >= 0.6 is 34.7 Å². The Bertz CT molecular complexity index is 975. The molecule has 0 aliphatic heterocycles. The van der Waals surface area contributed by atoms with Gasteiger partial charge in [0, 0.05) is 18.7 Å². The second kappa shape index (κ2) is 8.07. The summed E-state index contributed by atoms with van der Waals surface area (Å²) in [6.45, 7) is 2.76. The van der Waals surface area contributed by atoms with Gasteiger partial charge in [0.1, 0.15) is 22.7 Å². The van der Waals surface area contributed by atoms with Crippen LogP contribution in [0.3, 0.4) is 0 Å². The SMILES string of the molecule is CCNc1cc(OC)c(N=Nc2snc3c(Cl)ccc(Cl)c23)cc1OC. The standard InChI is InChI=1S/C17H16Cl2N4O2S/c1-4-20-11-7-14(25-3)12(8-13(11)24-2)21-22-17-15-9(18)5-6-10(19)16(15)23-26-17/h5-8,20H,4H2,1-3H3. The molecule has 0 saturated carbocycles. The largest absolute Gasteiger partial charge is 0.495 e. The van der Waals surface area contributed by atoms with Crippen molar-refractivity contribution in [2.75, 3.05) is 26.1 Å². The molecule has 2 aromatic carbocycles. The van der Waals surface area contributed by atoms with Crippen LogP contribution in [0.5, 0.6) is 11.5 Å². The monoisotopic (exact) mass is 410 g/mol. The second-order valence-electron chi connectivity index (χ2n) is 5.20. The molecule has 9 heteroatoms. The Kier molecular flexibility index (Phi) is 5.80. The van der Waals surface area contributed by atoms with Crippen LogP contribution < -0.4 is 14.8 Å². The van der Waals surface area contributed by atoms with Crippen molar-refractivity contribution in [2.24, 2.45) is 10.2 Å². The van der Waals surface area contributed by atoms with Crippen molar-refractivity contribution in [1.29, 1.82) is 0 Å². The number of aromatic nitrogens is 1. The zero-order valence-electron chi connectivity index (χ0n) is 14.3. The molecule has 0 saturated heterocycles. The molecule has 1 heterocycles. The predicted molar refractivity (Wildman–Crippen MR) is 108 cm³/mol. The lowest BCUT2D eigenvalue weighted by Crippen LogP contribution is -2.00. The minimum atomic E-state index is 0.524. The van der Waals surface area contributed by atoms with Gasteiger partial charge in [-0.2, -0.15) is 4.37 Å². The van der Waals surface area contributed by atoms with Gasteiger partial charge in [-0.25, -0.2) is 0 Å². The zero-order chi connectivity index (χ0) is 18.7. The molecule has 0 amide bonds. The molecular weight excluding hydrogens is 395 g/mol. The number of methoxy groups -OCH3 is 2. The summed E-state index contributed by atoms with van der Waals surface area (Å²) >= 11 is 13.6. The van der Waals surface area contributed by atoms with E-state index in [1.165, 1.54) is 11.5 Å². The van der Waals surface area contributed by atoms with E-state index in [9.17, 15) is 0 Å². The number of anilines is 1. The normalized spacial score (nSPS) is 11.3. The molecular formula is C17H16Cl2N4O2S. The molecule has 0 fully saturated rings. The fourth-order valence-electron chi connectivity index (χ4n) is 2.42. The first-order valence-electron chi connectivity index (χ1n) is 7.74. The summed E-state index contributed by atoms with van der Waals surface area (Å²) in [7, 11) is 3.18. The Morgan fingerprint density at radius 1 is 1.08 bits per heavy atom. The van der Waals surface area contributed by atoms with E-state index in [4.69, 9.17) is 32.7 Å². The van der Waals surface area contributed by atoms with E-state index in [0.29, 0.717) is 43.1 Å². The highest BCUT2D eigenvalue weighted by atomic mass is 35.5. The van der Waals surface area contributed by atoms with Crippen molar-refractivity contribution in [2.45, 2.75) is 6.92 Å². The number of ether oxygens (including phenoxy) is 2. The summed E-state index contributed by atoms with van der Waals surface area (Å²) in [5.41, 5.74) is 1.97. The molecule has 1 N–H and O–H groups in total. The van der Waals surface area contributed by atoms with Crippen LogP contribution in [0, 0.1) is 0 Å². The first-order chi connectivity index (χ1) is 12.6. The van der Waals surface area contributed by atoms with Crippen molar-refractivity contribution < 1.29 is 9.47 Å². The minimum absolute atomic E-state index is 0.524. The summed E-state index contributed by atoms with van der Waals surface area (Å²) in [4.78, 5) is 0. The van der Waals surface area contributed by atoms with Gasteiger partial charge < -0.3 is 14.8 Å². The van der Waals surface area contributed by atoms with E-state index in [-0.39, 0.29) is 0 Å². The van der Waals surface area contributed by atoms with Gasteiger partial charge in [-0.05, 0) is 30.6 Å². The van der Waals surface area contributed by atoms with Gasteiger partial charge in [0.15, 0.2) is 5.00 Å². The summed E-state index contributed by atoms with van der Waals surface area (Å²) in [5, 5.41) is 14.1. The van der Waals surface area contributed by atoms with Crippen LogP contribution in [-0.2, 0) is 0 Å². The molecule has 0 atom stereocenters. The number of hydrogen-bond donors (Lipinski definition) is 1. The molecule has 6 nitrogen and oxygen atoms in total. The molecule has 0 spiro atoms. The number of nitrogens with zero attached hydrogens (tertiary/aromatic N) is 3. The van der Waals surface area contributed by atoms with Crippen LogP contribution in [0.15, 0.2) is 34.5 Å². The molecule has 3 aromatic rings. The molecule has 0 unspecified atom stereocenters. The lowest BCUT2D eigenvalue weighted by molar-refractivity contribution is 0.405. The smallest absolute Gasteiger partial charge is 0.168 e. The third-order valence-electron chi connectivity index (χ3n) is 3.63. The van der Waals surface area contributed by atoms with E-state index >= 15 is 0 Å². The van der Waals surface area contributed by atoms with Crippen LogP contribution in [0.2, 0.25) is 10.0 Å². The lowest BCUT2D eigenvalue weighted by Gasteiger charge is -2.13. The summed E-state index contributed by atoms with van der Waals surface area (Å²) < 4.78 is 15.1. The Balaban J connectivity index is 2.05. The van der Waals surface area contributed by atoms with Crippen molar-refractivity contribution in [1.82, 2.24) is 4.37 Å². The van der Waals surface area contributed by atoms with E-state index < -0.39 is 0 Å². The fourth-order valence-corrected chi connectivity index (χ4v) is 3.71. The van der Waals surface area contributed by atoms with Gasteiger partial charge in [0.05, 0.1) is 35.3 Å². The molecule has 26 heavy (non-hydrogen) atoms. The molecule has 1 aromatic heterocycles. The Morgan fingerprint density at radius 3 is 2.50 bits per heavy atom. The first-order valence-corrected chi connectivity index (χ1v) is 9.27. The number of rotatable bonds is 6. The van der Waals surface area contributed by atoms with Gasteiger partial charge in [0.2, 0.25) is 0 Å². The van der Waals surface area contributed by atoms with Crippen LogP contribution in [0.25, 0.3) is 10.9 Å². The highest BCUT2D eigenvalue weighted by Crippen LogP contribution is 2.42. The second-order valence-corrected chi connectivity index (χ2v) is 6.76. The van der Waals surface area contributed by atoms with Crippen molar-refractivity contribution in [3.63, 3.8) is 0 Å². The first kappa shape index (κ1) is 18.7. The number of hydrogen-bond acceptors (Lipinski definition) is 7. The highest BCUT2D eigenvalue weighted by Gasteiger charge is 2.14. The molecule has 3 rings (SSSR count). The zero-order valence-corrected chi connectivity index (χ0v) is 16.7. The van der Waals surface area contributed by atoms with E-state index in [2.05, 4.69) is 19.9 Å². The minimum Gasteiger partial charge on any atom is -0.495 e. The average molecular weight is 411 g/mol. The van der Waals surface area contributed by atoms with E-state index in [1.807, 2.05) is 13.0 Å². The molecule has 136 valence electrons. The fraction of sp³-hybridized carbons (Fsp3) is 0.235. The average Bonchev–Trinajstić information content (AvgIpc) is 3.09. The van der Waals surface area contributed by atoms with Gasteiger partial charge in [0.25, 0.3) is 0 Å². The van der Waals surface area contributed by atoms with Gasteiger partial charge in [-0.1, -0.05) is 23.2 Å². The summed E-state index contributed by atoms with van der Waals surface area (Å²) in [5.74, 6) is 1.22. The third-order valence-corrected chi connectivity index (χ3v) is 4.98. The highest BCUT2D eigenvalue weighted by molar-refractivity contribution is 7.11. The maximum absolute atomic E-state index is 6.27. The van der Waals surface area contributed by atoms with Gasteiger partial charge in [-0.3, -0.25) is 0 Å². The van der Waals surface area contributed by atoms with E-state index in [0.717, 1.165) is 12.2 Å². The molecule has 0 radical (unpaired) electrons. The maximum Gasteiger partial charge on any atom is 0.168 e. The van der Waals surface area contributed by atoms with Gasteiger partial charge in [-0.15, -0.1) is 10.2 Å². The molecule has 0 aliphatic rings. The third kappa shape index (κ3) is 3.56. The molecule has 0 bridgehead atoms. The van der Waals surface area contributed by atoms with Crippen LogP contribution in [0.1, 0.15) is 6.92 Å². The Hall–Kier alpha value is -2.09. The predicted octanol–water partition coefficient (Wildman–Crippen LogP) is 6.47. The number of halogens is 2.